The van der Waals surface area contributed by atoms with Crippen LogP contribution in [-0.2, 0) is 20.9 Å². The van der Waals surface area contributed by atoms with Gasteiger partial charge in [-0.3, -0.25) is 9.59 Å². The van der Waals surface area contributed by atoms with Crippen molar-refractivity contribution in [3.05, 3.63) is 65.9 Å². The Kier molecular flexibility index (Phi) is 3.61. The van der Waals surface area contributed by atoms with Crippen molar-refractivity contribution in [1.82, 2.24) is 4.57 Å². The minimum absolute atomic E-state index is 0.119. The van der Waals surface area contributed by atoms with Gasteiger partial charge in [0.1, 0.15) is 6.54 Å². The molecule has 2 aromatic carbocycles. The molecular formula is C20H16N2O3. The molecule has 0 fully saturated rings. The number of esters is 1. The summed E-state index contributed by atoms with van der Waals surface area (Å²) in [6, 6.07) is 15.4. The van der Waals surface area contributed by atoms with Gasteiger partial charge in [-0.1, -0.05) is 36.4 Å². The van der Waals surface area contributed by atoms with Crippen molar-refractivity contribution >= 4 is 40.1 Å². The molecule has 1 aliphatic heterocycles. The van der Waals surface area contributed by atoms with Crippen molar-refractivity contribution in [2.45, 2.75) is 6.54 Å². The Balaban J connectivity index is 1.85. The molecule has 0 unspecified atom stereocenters. The van der Waals surface area contributed by atoms with Crippen LogP contribution in [0.2, 0.25) is 0 Å². The number of carbonyl (C=O) groups is 2. The van der Waals surface area contributed by atoms with Crippen LogP contribution < -0.4 is 5.32 Å². The van der Waals surface area contributed by atoms with Crippen molar-refractivity contribution in [3.63, 3.8) is 0 Å². The van der Waals surface area contributed by atoms with E-state index < -0.39 is 0 Å². The van der Waals surface area contributed by atoms with E-state index in [-0.39, 0.29) is 18.4 Å². The molecule has 1 aliphatic rings. The molecule has 25 heavy (non-hydrogen) atoms. The molecule has 0 atom stereocenters. The number of methoxy groups -OCH3 is 1. The van der Waals surface area contributed by atoms with Gasteiger partial charge in [-0.05, 0) is 18.2 Å². The average molecular weight is 332 g/mol. The molecule has 124 valence electrons. The topological polar surface area (TPSA) is 60.3 Å². The number of hydrogen-bond donors (Lipinski definition) is 1. The molecule has 1 N–H and O–H groups in total. The summed E-state index contributed by atoms with van der Waals surface area (Å²) in [4.78, 5) is 24.0. The lowest BCUT2D eigenvalue weighted by Crippen LogP contribution is -2.10. The van der Waals surface area contributed by atoms with E-state index in [1.165, 1.54) is 7.11 Å². The summed E-state index contributed by atoms with van der Waals surface area (Å²) in [6.45, 7) is 0.128. The quantitative estimate of drug-likeness (QED) is 0.591. The maximum atomic E-state index is 12.3. The first-order valence-corrected chi connectivity index (χ1v) is 7.94. The number of hydrogen-bond acceptors (Lipinski definition) is 3. The molecule has 0 spiro atoms. The van der Waals surface area contributed by atoms with Gasteiger partial charge in [-0.25, -0.2) is 0 Å². The molecule has 5 heteroatoms. The van der Waals surface area contributed by atoms with Crippen molar-refractivity contribution in [2.24, 2.45) is 0 Å². The van der Waals surface area contributed by atoms with Crippen molar-refractivity contribution in [2.75, 3.05) is 12.4 Å². The van der Waals surface area contributed by atoms with E-state index in [4.69, 9.17) is 4.74 Å². The number of para-hydroxylation sites is 2. The summed E-state index contributed by atoms with van der Waals surface area (Å²) in [7, 11) is 1.37. The molecule has 5 nitrogen and oxygen atoms in total. The van der Waals surface area contributed by atoms with Gasteiger partial charge in [0.15, 0.2) is 0 Å². The summed E-state index contributed by atoms with van der Waals surface area (Å²) in [6.07, 6.45) is 3.75. The lowest BCUT2D eigenvalue weighted by Gasteiger charge is -2.02. The van der Waals surface area contributed by atoms with Gasteiger partial charge in [0.2, 0.25) is 0 Å². The van der Waals surface area contributed by atoms with Gasteiger partial charge < -0.3 is 14.6 Å². The van der Waals surface area contributed by atoms with Gasteiger partial charge >= 0.3 is 5.97 Å². The lowest BCUT2D eigenvalue weighted by atomic mass is 10.0. The van der Waals surface area contributed by atoms with Gasteiger partial charge in [0.25, 0.3) is 5.91 Å². The zero-order chi connectivity index (χ0) is 17.4. The van der Waals surface area contributed by atoms with Crippen molar-refractivity contribution in [3.8, 4) is 0 Å². The molecular weight excluding hydrogens is 316 g/mol. The number of nitrogens with one attached hydrogen (secondary N) is 1. The van der Waals surface area contributed by atoms with E-state index in [2.05, 4.69) is 5.32 Å². The van der Waals surface area contributed by atoms with Gasteiger partial charge in [-0.15, -0.1) is 0 Å². The molecule has 3 aromatic rings. The van der Waals surface area contributed by atoms with Crippen molar-refractivity contribution in [1.29, 1.82) is 0 Å². The van der Waals surface area contributed by atoms with Crippen LogP contribution in [0.25, 0.3) is 22.6 Å². The number of benzene rings is 2. The third-order valence-corrected chi connectivity index (χ3v) is 4.36. The Labute approximate surface area is 144 Å². The predicted molar refractivity (Wildman–Crippen MR) is 96.9 cm³/mol. The number of nitrogens with zero attached hydrogens (tertiary/aromatic N) is 1. The molecule has 2 heterocycles. The Bertz CT molecular complexity index is 1030. The summed E-state index contributed by atoms with van der Waals surface area (Å²) < 4.78 is 6.61. The summed E-state index contributed by atoms with van der Waals surface area (Å²) >= 11 is 0. The fourth-order valence-corrected chi connectivity index (χ4v) is 3.16. The molecule has 0 radical (unpaired) electrons. The number of amides is 1. The van der Waals surface area contributed by atoms with Crippen LogP contribution in [0.3, 0.4) is 0 Å². The van der Waals surface area contributed by atoms with E-state index in [1.54, 1.807) is 0 Å². The SMILES string of the molecule is COC(=O)Cn1cc(/C=C2\C(=O)Nc3ccccc32)c2ccccc21. The van der Waals surface area contributed by atoms with Crippen LogP contribution in [0.15, 0.2) is 54.7 Å². The predicted octanol–water partition coefficient (Wildman–Crippen LogP) is 3.31. The molecule has 1 amide bonds. The fourth-order valence-electron chi connectivity index (χ4n) is 3.16. The monoisotopic (exact) mass is 332 g/mol. The van der Waals surface area contributed by atoms with Crippen LogP contribution >= 0.6 is 0 Å². The summed E-state index contributed by atoms with van der Waals surface area (Å²) in [5.41, 5.74) is 4.14. The number of anilines is 1. The number of carbonyl (C=O) groups excluding carboxylic acids is 2. The van der Waals surface area contributed by atoms with E-state index in [0.29, 0.717) is 5.57 Å². The second-order valence-electron chi connectivity index (χ2n) is 5.86. The largest absolute Gasteiger partial charge is 0.468 e. The molecule has 0 bridgehead atoms. The second kappa shape index (κ2) is 5.94. The zero-order valence-corrected chi connectivity index (χ0v) is 13.7. The van der Waals surface area contributed by atoms with Gasteiger partial charge in [-0.2, -0.15) is 0 Å². The normalized spacial score (nSPS) is 14.6. The Morgan fingerprint density at radius 2 is 1.92 bits per heavy atom. The molecule has 0 saturated heterocycles. The van der Waals surface area contributed by atoms with Gasteiger partial charge in [0, 0.05) is 39.5 Å². The number of aromatic nitrogens is 1. The second-order valence-corrected chi connectivity index (χ2v) is 5.86. The van der Waals surface area contributed by atoms with E-state index in [0.717, 1.165) is 27.7 Å². The number of fused-ring (bicyclic) bond motifs is 2. The first kappa shape index (κ1) is 15.2. The first-order chi connectivity index (χ1) is 12.2. The summed E-state index contributed by atoms with van der Waals surface area (Å²) in [5.74, 6) is -0.435. The van der Waals surface area contributed by atoms with Crippen LogP contribution in [0.5, 0.6) is 0 Å². The Morgan fingerprint density at radius 1 is 1.16 bits per heavy atom. The smallest absolute Gasteiger partial charge is 0.325 e. The number of rotatable bonds is 3. The van der Waals surface area contributed by atoms with E-state index in [1.807, 2.05) is 65.4 Å². The van der Waals surface area contributed by atoms with Gasteiger partial charge in [0.05, 0.1) is 7.11 Å². The van der Waals surface area contributed by atoms with Crippen LogP contribution in [-0.4, -0.2) is 23.6 Å². The maximum Gasteiger partial charge on any atom is 0.325 e. The highest BCUT2D eigenvalue weighted by Crippen LogP contribution is 2.34. The highest BCUT2D eigenvalue weighted by Gasteiger charge is 2.24. The number of ether oxygens (including phenoxy) is 1. The average Bonchev–Trinajstić information content (AvgIpc) is 3.14. The van der Waals surface area contributed by atoms with Crippen LogP contribution in [0.1, 0.15) is 11.1 Å². The maximum absolute atomic E-state index is 12.3. The summed E-state index contributed by atoms with van der Waals surface area (Å²) in [5, 5.41) is 3.86. The minimum Gasteiger partial charge on any atom is -0.468 e. The molecule has 0 saturated carbocycles. The Hall–Kier alpha value is -3.34. The van der Waals surface area contributed by atoms with E-state index in [9.17, 15) is 9.59 Å². The highest BCUT2D eigenvalue weighted by atomic mass is 16.5. The molecule has 4 rings (SSSR count). The Morgan fingerprint density at radius 3 is 2.76 bits per heavy atom. The first-order valence-electron chi connectivity index (χ1n) is 7.94. The highest BCUT2D eigenvalue weighted by molar-refractivity contribution is 6.35. The third kappa shape index (κ3) is 2.59. The van der Waals surface area contributed by atoms with Crippen molar-refractivity contribution < 1.29 is 14.3 Å². The lowest BCUT2D eigenvalue weighted by molar-refractivity contribution is -0.141. The third-order valence-electron chi connectivity index (χ3n) is 4.36. The van der Waals surface area contributed by atoms with Crippen LogP contribution in [0, 0.1) is 0 Å². The molecule has 0 aliphatic carbocycles. The fraction of sp³-hybridized carbons (Fsp3) is 0.100. The zero-order valence-electron chi connectivity index (χ0n) is 13.7. The minimum atomic E-state index is -0.316. The van der Waals surface area contributed by atoms with E-state index >= 15 is 0 Å². The molecule has 1 aromatic heterocycles. The van der Waals surface area contributed by atoms with Crippen LogP contribution in [0.4, 0.5) is 5.69 Å². The standard InChI is InChI=1S/C20H16N2O3/c1-25-19(23)12-22-11-13(14-6-3-5-9-18(14)22)10-16-15-7-2-4-8-17(15)21-20(16)24/h2-11H,12H2,1H3,(H,21,24)/b16-10-.